The fourth-order valence-corrected chi connectivity index (χ4v) is 6.20. The minimum Gasteiger partial charge on any atom is -0.493 e. The summed E-state index contributed by atoms with van der Waals surface area (Å²) in [6.45, 7) is 4.46. The lowest BCUT2D eigenvalue weighted by atomic mass is 9.99. The Morgan fingerprint density at radius 2 is 1.80 bits per heavy atom. The average molecular weight is 571 g/mol. The first-order valence-corrected chi connectivity index (χ1v) is 14.7. The summed E-state index contributed by atoms with van der Waals surface area (Å²) in [5, 5.41) is 7.80. The van der Waals surface area contributed by atoms with E-state index in [0.717, 1.165) is 40.1 Å². The van der Waals surface area contributed by atoms with Crippen LogP contribution < -0.4 is 19.7 Å². The molecule has 0 spiro atoms. The Balaban J connectivity index is 1.79. The van der Waals surface area contributed by atoms with Crippen molar-refractivity contribution in [2.24, 2.45) is 0 Å². The summed E-state index contributed by atoms with van der Waals surface area (Å²) in [6.07, 6.45) is 0.807. The minimum absolute atomic E-state index is 0.100. The molecule has 8 nitrogen and oxygen atoms in total. The van der Waals surface area contributed by atoms with E-state index in [2.05, 4.69) is 5.32 Å². The highest BCUT2D eigenvalue weighted by atomic mass is 32.2. The van der Waals surface area contributed by atoms with E-state index in [1.165, 1.54) is 11.8 Å². The van der Waals surface area contributed by atoms with E-state index in [4.69, 9.17) is 14.6 Å². The topological polar surface area (TPSA) is 85.7 Å². The smallest absolute Gasteiger partial charge is 0.240 e. The van der Waals surface area contributed by atoms with Crippen molar-refractivity contribution in [3.05, 3.63) is 89.5 Å². The molecule has 1 atom stereocenters. The summed E-state index contributed by atoms with van der Waals surface area (Å²) in [4.78, 5) is 28.5. The van der Waals surface area contributed by atoms with Gasteiger partial charge in [-0.2, -0.15) is 5.10 Å². The van der Waals surface area contributed by atoms with Gasteiger partial charge in [0.1, 0.15) is 12.4 Å². The van der Waals surface area contributed by atoms with Crippen molar-refractivity contribution < 1.29 is 19.1 Å². The number of carbonyl (C=O) groups is 2. The Morgan fingerprint density at radius 3 is 2.51 bits per heavy atom. The maximum atomic E-state index is 13.8. The third-order valence-corrected chi connectivity index (χ3v) is 8.22. The molecule has 0 saturated heterocycles. The standard InChI is InChI=1S/C32H34N4O4S/c1-5-16-33-27(37)19-35-28(38)20-41-31(23-14-15-25(39-3)26(18-23)40-4)29-30(22-11-7-6-8-12-22)34-36(32(29)35)24-13-9-10-21(2)17-24/h6-15,17-18,31H,5,16,19-20H2,1-4H3,(H,33,37)/t31-/m0/s1. The molecule has 0 saturated carbocycles. The lowest BCUT2D eigenvalue weighted by Crippen LogP contribution is -2.42. The van der Waals surface area contributed by atoms with Gasteiger partial charge in [0.15, 0.2) is 11.5 Å². The molecule has 212 valence electrons. The minimum atomic E-state index is -0.272. The zero-order chi connectivity index (χ0) is 28.9. The number of ether oxygens (including phenoxy) is 2. The van der Waals surface area contributed by atoms with Crippen LogP contribution in [0.5, 0.6) is 11.5 Å². The summed E-state index contributed by atoms with van der Waals surface area (Å²) in [5.74, 6) is 1.65. The van der Waals surface area contributed by atoms with Crippen LogP contribution in [0.15, 0.2) is 72.8 Å². The number of amides is 2. The first-order chi connectivity index (χ1) is 19.9. The molecule has 41 heavy (non-hydrogen) atoms. The number of methoxy groups -OCH3 is 2. The van der Waals surface area contributed by atoms with E-state index in [0.29, 0.717) is 23.9 Å². The Morgan fingerprint density at radius 1 is 1.02 bits per heavy atom. The van der Waals surface area contributed by atoms with Gasteiger partial charge < -0.3 is 14.8 Å². The highest BCUT2D eigenvalue weighted by molar-refractivity contribution is 8.00. The maximum Gasteiger partial charge on any atom is 0.240 e. The van der Waals surface area contributed by atoms with Crippen LogP contribution in [-0.4, -0.2) is 54.7 Å². The predicted octanol–water partition coefficient (Wildman–Crippen LogP) is 5.56. The summed E-state index contributed by atoms with van der Waals surface area (Å²) in [5.41, 5.74) is 5.36. The van der Waals surface area contributed by atoms with Gasteiger partial charge in [-0.15, -0.1) is 11.8 Å². The van der Waals surface area contributed by atoms with Crippen LogP contribution >= 0.6 is 11.8 Å². The molecule has 1 aliphatic rings. The van der Waals surface area contributed by atoms with E-state index in [1.807, 2.05) is 91.3 Å². The van der Waals surface area contributed by atoms with E-state index >= 15 is 0 Å². The van der Waals surface area contributed by atoms with Gasteiger partial charge in [0, 0.05) is 17.7 Å². The highest BCUT2D eigenvalue weighted by Crippen LogP contribution is 2.49. The Hall–Kier alpha value is -4.24. The average Bonchev–Trinajstić information content (AvgIpc) is 3.32. The summed E-state index contributed by atoms with van der Waals surface area (Å²) in [6, 6.07) is 23.8. The number of rotatable bonds is 9. The molecule has 1 aliphatic heterocycles. The van der Waals surface area contributed by atoms with Crippen LogP contribution in [0.4, 0.5) is 5.82 Å². The number of nitrogens with zero attached hydrogens (tertiary/aromatic N) is 3. The molecule has 0 aliphatic carbocycles. The number of benzene rings is 3. The highest BCUT2D eigenvalue weighted by Gasteiger charge is 2.38. The van der Waals surface area contributed by atoms with Gasteiger partial charge in [0.2, 0.25) is 11.8 Å². The van der Waals surface area contributed by atoms with Gasteiger partial charge in [0.25, 0.3) is 0 Å². The molecule has 5 rings (SSSR count). The third kappa shape index (κ3) is 5.81. The van der Waals surface area contributed by atoms with Crippen molar-refractivity contribution in [3.8, 4) is 28.4 Å². The van der Waals surface area contributed by atoms with Crippen LogP contribution in [0.2, 0.25) is 0 Å². The zero-order valence-corrected chi connectivity index (χ0v) is 24.5. The predicted molar refractivity (Wildman–Crippen MR) is 163 cm³/mol. The van der Waals surface area contributed by atoms with Crippen molar-refractivity contribution in [2.45, 2.75) is 25.5 Å². The van der Waals surface area contributed by atoms with Crippen LogP contribution in [0.25, 0.3) is 16.9 Å². The largest absolute Gasteiger partial charge is 0.493 e. The Bertz CT molecular complexity index is 1550. The van der Waals surface area contributed by atoms with Crippen molar-refractivity contribution >= 4 is 29.4 Å². The van der Waals surface area contributed by atoms with Crippen molar-refractivity contribution in [1.29, 1.82) is 0 Å². The van der Waals surface area contributed by atoms with Crippen molar-refractivity contribution in [3.63, 3.8) is 0 Å². The van der Waals surface area contributed by atoms with Crippen LogP contribution in [0.3, 0.4) is 0 Å². The molecule has 2 heterocycles. The zero-order valence-electron chi connectivity index (χ0n) is 23.7. The number of hydrogen-bond donors (Lipinski definition) is 1. The van der Waals surface area contributed by atoms with E-state index in [1.54, 1.807) is 19.1 Å². The summed E-state index contributed by atoms with van der Waals surface area (Å²) in [7, 11) is 3.22. The molecule has 1 aromatic heterocycles. The Labute approximate surface area is 244 Å². The molecule has 0 radical (unpaired) electrons. The molecule has 0 unspecified atom stereocenters. The molecule has 3 aromatic carbocycles. The molecule has 4 aromatic rings. The maximum absolute atomic E-state index is 13.8. The number of aromatic nitrogens is 2. The molecular weight excluding hydrogens is 536 g/mol. The molecular formula is C32H34N4O4S. The summed E-state index contributed by atoms with van der Waals surface area (Å²) >= 11 is 1.52. The van der Waals surface area contributed by atoms with Crippen LogP contribution in [0, 0.1) is 6.92 Å². The van der Waals surface area contributed by atoms with Gasteiger partial charge in [-0.3, -0.25) is 14.5 Å². The second-order valence-electron chi connectivity index (χ2n) is 9.84. The number of carbonyl (C=O) groups excluding carboxylic acids is 2. The molecule has 1 N–H and O–H groups in total. The van der Waals surface area contributed by atoms with Crippen LogP contribution in [0.1, 0.15) is 35.3 Å². The number of fused-ring (bicyclic) bond motifs is 1. The van der Waals surface area contributed by atoms with E-state index < -0.39 is 0 Å². The molecule has 2 amide bonds. The van der Waals surface area contributed by atoms with Gasteiger partial charge >= 0.3 is 0 Å². The number of hydrogen-bond acceptors (Lipinski definition) is 6. The lowest BCUT2D eigenvalue weighted by Gasteiger charge is -2.23. The SMILES string of the molecule is CCCNC(=O)CN1C(=O)CS[C@@H](c2ccc(OC)c(OC)c2)c2c(-c3ccccc3)nn(-c3cccc(C)c3)c21. The number of nitrogens with one attached hydrogen (secondary N) is 1. The van der Waals surface area contributed by atoms with Gasteiger partial charge in [-0.25, -0.2) is 4.68 Å². The van der Waals surface area contributed by atoms with E-state index in [9.17, 15) is 9.59 Å². The van der Waals surface area contributed by atoms with Gasteiger partial charge in [0.05, 0.1) is 36.6 Å². The quantitative estimate of drug-likeness (QED) is 0.284. The first kappa shape index (κ1) is 28.3. The molecule has 9 heteroatoms. The van der Waals surface area contributed by atoms with Gasteiger partial charge in [-0.05, 0) is 48.7 Å². The van der Waals surface area contributed by atoms with Crippen LogP contribution in [-0.2, 0) is 9.59 Å². The van der Waals surface area contributed by atoms with E-state index in [-0.39, 0.29) is 29.4 Å². The van der Waals surface area contributed by atoms with Gasteiger partial charge in [-0.1, -0.05) is 55.5 Å². The lowest BCUT2D eigenvalue weighted by molar-refractivity contribution is -0.122. The fraction of sp³-hybridized carbons (Fsp3) is 0.281. The second-order valence-corrected chi connectivity index (χ2v) is 10.9. The Kier molecular flexibility index (Phi) is 8.64. The third-order valence-electron chi connectivity index (χ3n) is 6.97. The molecule has 0 fully saturated rings. The monoisotopic (exact) mass is 570 g/mol. The molecule has 0 bridgehead atoms. The van der Waals surface area contributed by atoms with Crippen molar-refractivity contribution in [1.82, 2.24) is 15.1 Å². The first-order valence-electron chi connectivity index (χ1n) is 13.6. The second kappa shape index (κ2) is 12.5. The number of thioether (sulfide) groups is 1. The number of aryl methyl sites for hydroxylation is 1. The van der Waals surface area contributed by atoms with Crippen molar-refractivity contribution in [2.75, 3.05) is 38.0 Å². The fourth-order valence-electron chi connectivity index (χ4n) is 5.01. The normalized spacial score (nSPS) is 14.8. The number of anilines is 1. The summed E-state index contributed by atoms with van der Waals surface area (Å²) < 4.78 is 12.9.